The van der Waals surface area contributed by atoms with E-state index in [4.69, 9.17) is 5.84 Å². The van der Waals surface area contributed by atoms with Crippen molar-refractivity contribution in [3.63, 3.8) is 0 Å². The zero-order chi connectivity index (χ0) is 14.7. The molecule has 1 heterocycles. The summed E-state index contributed by atoms with van der Waals surface area (Å²) in [4.78, 5) is 4.26. The number of aryl methyl sites for hydroxylation is 1. The summed E-state index contributed by atoms with van der Waals surface area (Å²) in [6.45, 7) is 2.16. The monoisotopic (exact) mass is 277 g/mol. The van der Waals surface area contributed by atoms with Crippen LogP contribution in [0, 0.1) is 0 Å². The molecule has 0 fully saturated rings. The van der Waals surface area contributed by atoms with Gasteiger partial charge in [0.25, 0.3) is 0 Å². The average molecular weight is 277 g/mol. The zero-order valence-corrected chi connectivity index (χ0v) is 12.1. The van der Waals surface area contributed by atoms with Crippen LogP contribution in [-0.4, -0.2) is 4.98 Å². The van der Waals surface area contributed by atoms with E-state index in [1.807, 2.05) is 18.5 Å². The Kier molecular flexibility index (Phi) is 3.95. The number of hydrazine groups is 1. The van der Waals surface area contributed by atoms with Gasteiger partial charge in [-0.15, -0.1) is 0 Å². The molecular formula is C18H19N3. The molecule has 2 aromatic carbocycles. The molecule has 3 nitrogen and oxygen atoms in total. The van der Waals surface area contributed by atoms with E-state index in [1.54, 1.807) is 0 Å². The average Bonchev–Trinajstić information content (AvgIpc) is 2.56. The Labute approximate surface area is 124 Å². The predicted octanol–water partition coefficient (Wildman–Crippen LogP) is 3.35. The molecule has 1 unspecified atom stereocenters. The minimum atomic E-state index is -0.0333. The lowest BCUT2D eigenvalue weighted by molar-refractivity contribution is 0.635. The van der Waals surface area contributed by atoms with Crippen LogP contribution in [0.25, 0.3) is 10.8 Å². The second kappa shape index (κ2) is 6.04. The molecule has 3 N–H and O–H groups in total. The lowest BCUT2D eigenvalue weighted by Crippen LogP contribution is -2.29. The molecule has 0 spiro atoms. The highest BCUT2D eigenvalue weighted by molar-refractivity contribution is 5.85. The number of aromatic nitrogens is 1. The summed E-state index contributed by atoms with van der Waals surface area (Å²) in [7, 11) is 0. The van der Waals surface area contributed by atoms with Crippen molar-refractivity contribution < 1.29 is 0 Å². The van der Waals surface area contributed by atoms with Crippen LogP contribution >= 0.6 is 0 Å². The molecule has 1 atom stereocenters. The number of pyridine rings is 1. The molecule has 0 bridgehead atoms. The van der Waals surface area contributed by atoms with Gasteiger partial charge < -0.3 is 0 Å². The Balaban J connectivity index is 2.19. The molecule has 3 heteroatoms. The van der Waals surface area contributed by atoms with Gasteiger partial charge in [0.2, 0.25) is 0 Å². The molecule has 0 radical (unpaired) electrons. The van der Waals surface area contributed by atoms with Crippen molar-refractivity contribution in [3.8, 4) is 0 Å². The van der Waals surface area contributed by atoms with E-state index in [9.17, 15) is 0 Å². The molecule has 0 saturated carbocycles. The van der Waals surface area contributed by atoms with E-state index >= 15 is 0 Å². The Morgan fingerprint density at radius 2 is 1.86 bits per heavy atom. The van der Waals surface area contributed by atoms with Crippen molar-refractivity contribution in [1.29, 1.82) is 0 Å². The number of nitrogens with two attached hydrogens (primary N) is 1. The number of nitrogens with one attached hydrogen (secondary N) is 1. The molecule has 0 aliphatic heterocycles. The third kappa shape index (κ3) is 2.53. The van der Waals surface area contributed by atoms with E-state index in [2.05, 4.69) is 59.8 Å². The van der Waals surface area contributed by atoms with Gasteiger partial charge in [-0.1, -0.05) is 49.4 Å². The molecular weight excluding hydrogens is 258 g/mol. The highest BCUT2D eigenvalue weighted by atomic mass is 15.2. The quantitative estimate of drug-likeness (QED) is 0.568. The summed E-state index contributed by atoms with van der Waals surface area (Å²) in [6.07, 6.45) is 4.71. The van der Waals surface area contributed by atoms with Gasteiger partial charge in [0, 0.05) is 17.8 Å². The number of fused-ring (bicyclic) bond motifs is 1. The van der Waals surface area contributed by atoms with Crippen molar-refractivity contribution in [2.75, 3.05) is 0 Å². The van der Waals surface area contributed by atoms with Crippen molar-refractivity contribution in [1.82, 2.24) is 10.4 Å². The fourth-order valence-electron chi connectivity index (χ4n) is 2.87. The minimum absolute atomic E-state index is 0.0333. The largest absolute Gasteiger partial charge is 0.271 e. The van der Waals surface area contributed by atoms with Crippen LogP contribution in [-0.2, 0) is 6.42 Å². The Morgan fingerprint density at radius 1 is 1.05 bits per heavy atom. The van der Waals surface area contributed by atoms with Gasteiger partial charge in [0.1, 0.15) is 0 Å². The Morgan fingerprint density at radius 3 is 2.67 bits per heavy atom. The van der Waals surface area contributed by atoms with Gasteiger partial charge in [-0.25, -0.2) is 5.43 Å². The third-order valence-corrected chi connectivity index (χ3v) is 3.94. The van der Waals surface area contributed by atoms with Gasteiger partial charge >= 0.3 is 0 Å². The number of nitrogens with zero attached hydrogens (tertiary/aromatic N) is 1. The summed E-state index contributed by atoms with van der Waals surface area (Å²) >= 11 is 0. The van der Waals surface area contributed by atoms with Crippen molar-refractivity contribution in [2.45, 2.75) is 19.4 Å². The normalized spacial score (nSPS) is 12.5. The maximum atomic E-state index is 5.88. The SMILES string of the molecule is CCc1ccccc1C(NN)c1cccc2ccncc12. The van der Waals surface area contributed by atoms with E-state index in [1.165, 1.54) is 16.5 Å². The number of hydrogen-bond donors (Lipinski definition) is 2. The molecule has 0 saturated heterocycles. The van der Waals surface area contributed by atoms with Crippen LogP contribution in [0.5, 0.6) is 0 Å². The highest BCUT2D eigenvalue weighted by Gasteiger charge is 2.17. The Bertz CT molecular complexity index is 747. The van der Waals surface area contributed by atoms with Crippen LogP contribution in [0.4, 0.5) is 0 Å². The van der Waals surface area contributed by atoms with E-state index in [-0.39, 0.29) is 6.04 Å². The Hall–Kier alpha value is -2.23. The second-order valence-corrected chi connectivity index (χ2v) is 5.10. The predicted molar refractivity (Wildman–Crippen MR) is 86.7 cm³/mol. The number of hydrogen-bond acceptors (Lipinski definition) is 3. The summed E-state index contributed by atoms with van der Waals surface area (Å²) in [5.41, 5.74) is 6.66. The molecule has 0 amide bonds. The first-order valence-electron chi connectivity index (χ1n) is 7.21. The summed E-state index contributed by atoms with van der Waals surface area (Å²) in [5, 5.41) is 2.31. The van der Waals surface area contributed by atoms with E-state index < -0.39 is 0 Å². The maximum absolute atomic E-state index is 5.88. The number of rotatable bonds is 4. The van der Waals surface area contributed by atoms with E-state index in [0.29, 0.717) is 0 Å². The van der Waals surface area contributed by atoms with Crippen LogP contribution in [0.3, 0.4) is 0 Å². The molecule has 106 valence electrons. The van der Waals surface area contributed by atoms with E-state index in [0.717, 1.165) is 17.4 Å². The lowest BCUT2D eigenvalue weighted by atomic mass is 9.91. The molecule has 0 aliphatic carbocycles. The smallest absolute Gasteiger partial charge is 0.0719 e. The van der Waals surface area contributed by atoms with Gasteiger partial charge in [0.15, 0.2) is 0 Å². The highest BCUT2D eigenvalue weighted by Crippen LogP contribution is 2.30. The molecule has 21 heavy (non-hydrogen) atoms. The van der Waals surface area contributed by atoms with Crippen molar-refractivity contribution >= 4 is 10.8 Å². The first kappa shape index (κ1) is 13.7. The topological polar surface area (TPSA) is 50.9 Å². The molecule has 3 rings (SSSR count). The molecule has 0 aliphatic rings. The van der Waals surface area contributed by atoms with Crippen LogP contribution in [0.15, 0.2) is 60.9 Å². The van der Waals surface area contributed by atoms with Gasteiger partial charge in [0.05, 0.1) is 6.04 Å². The maximum Gasteiger partial charge on any atom is 0.0719 e. The zero-order valence-electron chi connectivity index (χ0n) is 12.1. The number of benzene rings is 2. The third-order valence-electron chi connectivity index (χ3n) is 3.94. The van der Waals surface area contributed by atoms with Crippen molar-refractivity contribution in [3.05, 3.63) is 77.6 Å². The summed E-state index contributed by atoms with van der Waals surface area (Å²) in [5.74, 6) is 5.88. The summed E-state index contributed by atoms with van der Waals surface area (Å²) in [6, 6.07) is 16.7. The fraction of sp³-hybridized carbons (Fsp3) is 0.167. The van der Waals surface area contributed by atoms with Crippen molar-refractivity contribution in [2.24, 2.45) is 5.84 Å². The first-order chi connectivity index (χ1) is 10.3. The fourth-order valence-corrected chi connectivity index (χ4v) is 2.87. The second-order valence-electron chi connectivity index (χ2n) is 5.10. The first-order valence-corrected chi connectivity index (χ1v) is 7.21. The van der Waals surface area contributed by atoms with Gasteiger partial charge in [-0.3, -0.25) is 10.8 Å². The lowest BCUT2D eigenvalue weighted by Gasteiger charge is -2.21. The van der Waals surface area contributed by atoms with Crippen LogP contribution in [0.1, 0.15) is 29.7 Å². The van der Waals surface area contributed by atoms with Crippen LogP contribution < -0.4 is 11.3 Å². The van der Waals surface area contributed by atoms with Gasteiger partial charge in [-0.2, -0.15) is 0 Å². The minimum Gasteiger partial charge on any atom is -0.271 e. The van der Waals surface area contributed by atoms with Crippen LogP contribution in [0.2, 0.25) is 0 Å². The standard InChI is InChI=1S/C18H19N3/c1-2-13-6-3-4-8-15(13)18(21-19)16-9-5-7-14-10-11-20-12-17(14)16/h3-12,18,21H,2,19H2,1H3. The summed E-state index contributed by atoms with van der Waals surface area (Å²) < 4.78 is 0. The molecule has 3 aromatic rings. The van der Waals surface area contributed by atoms with Gasteiger partial charge in [-0.05, 0) is 34.6 Å². The molecule has 1 aromatic heterocycles.